The molecule has 3 heteroatoms. The molecule has 0 spiro atoms. The monoisotopic (exact) mass is 267 g/mol. The van der Waals surface area contributed by atoms with Crippen molar-refractivity contribution in [3.63, 3.8) is 0 Å². The minimum atomic E-state index is -0.277. The molecule has 0 radical (unpaired) electrons. The van der Waals surface area contributed by atoms with Gasteiger partial charge in [0, 0.05) is 11.9 Å². The number of nitrogens with two attached hydrogens (primary N) is 1. The molecule has 0 atom stereocenters. The van der Waals surface area contributed by atoms with E-state index in [1.54, 1.807) is 12.1 Å². The van der Waals surface area contributed by atoms with Crippen molar-refractivity contribution in [2.24, 2.45) is 5.73 Å². The summed E-state index contributed by atoms with van der Waals surface area (Å²) < 4.78 is 18.7. The molecule has 0 aliphatic heterocycles. The predicted octanol–water partition coefficient (Wildman–Crippen LogP) is 4.23. The maximum atomic E-state index is 12.9. The quantitative estimate of drug-likeness (QED) is 0.770. The van der Waals surface area contributed by atoms with Crippen LogP contribution in [0, 0.1) is 5.82 Å². The lowest BCUT2D eigenvalue weighted by molar-refractivity contribution is 0.486. The SMILES string of the molecule is NCc1ccc(Oc2ccc(F)cc2)c2ccccc12. The van der Waals surface area contributed by atoms with E-state index in [0.717, 1.165) is 22.1 Å². The summed E-state index contributed by atoms with van der Waals surface area (Å²) in [6, 6.07) is 17.8. The number of benzene rings is 3. The Morgan fingerprint density at radius 3 is 2.25 bits per heavy atom. The third-order valence-corrected chi connectivity index (χ3v) is 3.24. The fourth-order valence-corrected chi connectivity index (χ4v) is 2.23. The van der Waals surface area contributed by atoms with Crippen LogP contribution >= 0.6 is 0 Å². The second-order valence-corrected chi connectivity index (χ2v) is 4.53. The first-order chi connectivity index (χ1) is 9.78. The second kappa shape index (κ2) is 5.31. The van der Waals surface area contributed by atoms with Crippen molar-refractivity contribution < 1.29 is 9.13 Å². The van der Waals surface area contributed by atoms with Gasteiger partial charge in [-0.15, -0.1) is 0 Å². The largest absolute Gasteiger partial charge is 0.457 e. The van der Waals surface area contributed by atoms with Gasteiger partial charge in [0.05, 0.1) is 0 Å². The Kier molecular flexibility index (Phi) is 3.35. The molecule has 0 aromatic heterocycles. The summed E-state index contributed by atoms with van der Waals surface area (Å²) in [5.74, 6) is 1.07. The molecule has 0 aliphatic rings. The minimum absolute atomic E-state index is 0.277. The highest BCUT2D eigenvalue weighted by molar-refractivity contribution is 5.91. The van der Waals surface area contributed by atoms with Gasteiger partial charge < -0.3 is 10.5 Å². The van der Waals surface area contributed by atoms with Gasteiger partial charge in [-0.3, -0.25) is 0 Å². The highest BCUT2D eigenvalue weighted by Crippen LogP contribution is 2.31. The summed E-state index contributed by atoms with van der Waals surface area (Å²) in [5, 5.41) is 2.08. The number of rotatable bonds is 3. The first-order valence-electron chi connectivity index (χ1n) is 6.42. The van der Waals surface area contributed by atoms with E-state index < -0.39 is 0 Å². The molecule has 0 saturated carbocycles. The molecule has 100 valence electrons. The molecule has 2 N–H and O–H groups in total. The van der Waals surface area contributed by atoms with Crippen molar-refractivity contribution >= 4 is 10.8 Å². The van der Waals surface area contributed by atoms with E-state index in [1.807, 2.05) is 36.4 Å². The predicted molar refractivity (Wildman–Crippen MR) is 78.3 cm³/mol. The van der Waals surface area contributed by atoms with Crippen molar-refractivity contribution in [2.45, 2.75) is 6.54 Å². The molecular weight excluding hydrogens is 253 g/mol. The zero-order chi connectivity index (χ0) is 13.9. The molecule has 3 aromatic rings. The lowest BCUT2D eigenvalue weighted by atomic mass is 10.0. The molecule has 3 aromatic carbocycles. The van der Waals surface area contributed by atoms with Crippen LogP contribution in [-0.2, 0) is 6.54 Å². The first-order valence-corrected chi connectivity index (χ1v) is 6.42. The van der Waals surface area contributed by atoms with E-state index in [2.05, 4.69) is 0 Å². The lowest BCUT2D eigenvalue weighted by Crippen LogP contribution is -1.97. The van der Waals surface area contributed by atoms with Crippen LogP contribution in [0.4, 0.5) is 4.39 Å². The van der Waals surface area contributed by atoms with Crippen molar-refractivity contribution in [1.82, 2.24) is 0 Å². The van der Waals surface area contributed by atoms with Gasteiger partial charge in [-0.25, -0.2) is 4.39 Å². The fourth-order valence-electron chi connectivity index (χ4n) is 2.23. The Balaban J connectivity index is 2.06. The molecule has 0 aliphatic carbocycles. The Hall–Kier alpha value is -2.39. The normalized spacial score (nSPS) is 10.7. The standard InChI is InChI=1S/C17H14FNO/c18-13-6-8-14(9-7-13)20-17-10-5-12(11-19)15-3-1-2-4-16(15)17/h1-10H,11,19H2. The molecule has 0 unspecified atom stereocenters. The summed E-state index contributed by atoms with van der Waals surface area (Å²) in [7, 11) is 0. The average Bonchev–Trinajstić information content (AvgIpc) is 2.50. The molecule has 0 amide bonds. The maximum Gasteiger partial charge on any atom is 0.135 e. The maximum absolute atomic E-state index is 12.9. The van der Waals surface area contributed by atoms with Gasteiger partial charge >= 0.3 is 0 Å². The van der Waals surface area contributed by atoms with Gasteiger partial charge in [0.25, 0.3) is 0 Å². The average molecular weight is 267 g/mol. The van der Waals surface area contributed by atoms with Crippen LogP contribution in [0.2, 0.25) is 0 Å². The van der Waals surface area contributed by atoms with Crippen molar-refractivity contribution in [1.29, 1.82) is 0 Å². The number of ether oxygens (including phenoxy) is 1. The van der Waals surface area contributed by atoms with E-state index in [-0.39, 0.29) is 5.82 Å². The van der Waals surface area contributed by atoms with E-state index in [0.29, 0.717) is 12.3 Å². The summed E-state index contributed by atoms with van der Waals surface area (Å²) in [4.78, 5) is 0. The van der Waals surface area contributed by atoms with E-state index in [9.17, 15) is 4.39 Å². The topological polar surface area (TPSA) is 35.2 Å². The molecule has 0 saturated heterocycles. The van der Waals surface area contributed by atoms with Gasteiger partial charge in [0.2, 0.25) is 0 Å². The van der Waals surface area contributed by atoms with E-state index in [4.69, 9.17) is 10.5 Å². The Labute approximate surface area is 116 Å². The number of halogens is 1. The van der Waals surface area contributed by atoms with Gasteiger partial charge in [-0.05, 0) is 41.3 Å². The highest BCUT2D eigenvalue weighted by atomic mass is 19.1. The number of hydrogen-bond donors (Lipinski definition) is 1. The van der Waals surface area contributed by atoms with Crippen LogP contribution in [0.5, 0.6) is 11.5 Å². The molecule has 3 rings (SSSR count). The van der Waals surface area contributed by atoms with Crippen LogP contribution in [0.25, 0.3) is 10.8 Å². The highest BCUT2D eigenvalue weighted by Gasteiger charge is 2.06. The van der Waals surface area contributed by atoms with Gasteiger partial charge in [-0.1, -0.05) is 30.3 Å². The molecular formula is C17H14FNO. The van der Waals surface area contributed by atoms with Gasteiger partial charge in [0.1, 0.15) is 17.3 Å². The summed E-state index contributed by atoms with van der Waals surface area (Å²) in [6.07, 6.45) is 0. The van der Waals surface area contributed by atoms with Gasteiger partial charge in [-0.2, -0.15) is 0 Å². The zero-order valence-corrected chi connectivity index (χ0v) is 10.8. The molecule has 0 fully saturated rings. The third-order valence-electron chi connectivity index (χ3n) is 3.24. The van der Waals surface area contributed by atoms with Crippen molar-refractivity contribution in [3.8, 4) is 11.5 Å². The third kappa shape index (κ3) is 2.36. The Morgan fingerprint density at radius 2 is 1.55 bits per heavy atom. The second-order valence-electron chi connectivity index (χ2n) is 4.53. The van der Waals surface area contributed by atoms with Crippen molar-refractivity contribution in [2.75, 3.05) is 0 Å². The fraction of sp³-hybridized carbons (Fsp3) is 0.0588. The van der Waals surface area contributed by atoms with Gasteiger partial charge in [0.15, 0.2) is 0 Å². The lowest BCUT2D eigenvalue weighted by Gasteiger charge is -2.11. The molecule has 0 heterocycles. The molecule has 0 bridgehead atoms. The van der Waals surface area contributed by atoms with Crippen LogP contribution in [0.3, 0.4) is 0 Å². The number of fused-ring (bicyclic) bond motifs is 1. The first kappa shape index (κ1) is 12.6. The van der Waals surface area contributed by atoms with Crippen LogP contribution in [0.1, 0.15) is 5.56 Å². The van der Waals surface area contributed by atoms with Crippen molar-refractivity contribution in [3.05, 3.63) is 72.0 Å². The summed E-state index contributed by atoms with van der Waals surface area (Å²) in [6.45, 7) is 0.483. The zero-order valence-electron chi connectivity index (χ0n) is 10.8. The summed E-state index contributed by atoms with van der Waals surface area (Å²) >= 11 is 0. The van der Waals surface area contributed by atoms with E-state index >= 15 is 0 Å². The van der Waals surface area contributed by atoms with E-state index in [1.165, 1.54) is 12.1 Å². The Morgan fingerprint density at radius 1 is 0.850 bits per heavy atom. The number of hydrogen-bond acceptors (Lipinski definition) is 2. The molecule has 20 heavy (non-hydrogen) atoms. The van der Waals surface area contributed by atoms with Crippen LogP contribution in [0.15, 0.2) is 60.7 Å². The molecule has 2 nitrogen and oxygen atoms in total. The smallest absolute Gasteiger partial charge is 0.135 e. The van der Waals surface area contributed by atoms with Crippen LogP contribution < -0.4 is 10.5 Å². The van der Waals surface area contributed by atoms with Crippen LogP contribution in [-0.4, -0.2) is 0 Å². The Bertz CT molecular complexity index is 738. The minimum Gasteiger partial charge on any atom is -0.457 e. The summed E-state index contributed by atoms with van der Waals surface area (Å²) in [5.41, 5.74) is 6.83.